The molecule has 0 spiro atoms. The Hall–Kier alpha value is -2.47. The van der Waals surface area contributed by atoms with Crippen LogP contribution in [0.15, 0.2) is 36.5 Å². The second-order valence-electron chi connectivity index (χ2n) is 5.42. The predicted octanol–water partition coefficient (Wildman–Crippen LogP) is 2.36. The van der Waals surface area contributed by atoms with Gasteiger partial charge in [0.1, 0.15) is 11.4 Å². The zero-order valence-corrected chi connectivity index (χ0v) is 14.2. The van der Waals surface area contributed by atoms with Crippen molar-refractivity contribution in [3.8, 4) is 5.75 Å². The Morgan fingerprint density at radius 2 is 2.08 bits per heavy atom. The Morgan fingerprint density at radius 1 is 1.38 bits per heavy atom. The molecule has 1 heterocycles. The monoisotopic (exact) mass is 350 g/mol. The van der Waals surface area contributed by atoms with E-state index < -0.39 is 11.9 Å². The normalized spacial score (nSPS) is 11.8. The molecular weight excluding hydrogens is 332 g/mol. The minimum Gasteiger partial charge on any atom is -0.496 e. The summed E-state index contributed by atoms with van der Waals surface area (Å²) in [5.41, 5.74) is 1.16. The number of benzene rings is 1. The Labute approximate surface area is 145 Å². The van der Waals surface area contributed by atoms with E-state index in [0.717, 1.165) is 5.56 Å². The van der Waals surface area contributed by atoms with Gasteiger partial charge in [-0.05, 0) is 24.1 Å². The molecule has 0 aliphatic carbocycles. The lowest BCUT2D eigenvalue weighted by Gasteiger charge is -2.15. The molecule has 2 aromatic rings. The number of carboxylic acids is 1. The Kier molecular flexibility index (Phi) is 5.87. The number of ether oxygens (including phenoxy) is 1. The van der Waals surface area contributed by atoms with E-state index in [0.29, 0.717) is 16.5 Å². The van der Waals surface area contributed by atoms with Crippen LogP contribution < -0.4 is 10.1 Å². The minimum atomic E-state index is -0.980. The SMILES string of the molecule is COc1ccccc1CC(CNC(=O)c1cc(Cl)cn1C)C(=O)O. The lowest BCUT2D eigenvalue weighted by atomic mass is 9.98. The molecule has 1 amide bonds. The first kappa shape index (κ1) is 17.9. The smallest absolute Gasteiger partial charge is 0.308 e. The maximum atomic E-state index is 12.2. The number of hydrogen-bond acceptors (Lipinski definition) is 3. The largest absolute Gasteiger partial charge is 0.496 e. The number of carboxylic acid groups (broad SMARTS) is 1. The molecule has 6 nitrogen and oxygen atoms in total. The van der Waals surface area contributed by atoms with Gasteiger partial charge in [0.15, 0.2) is 0 Å². The Balaban J connectivity index is 2.05. The minimum absolute atomic E-state index is 0.00894. The molecule has 0 aliphatic heterocycles. The summed E-state index contributed by atoms with van der Waals surface area (Å²) < 4.78 is 6.83. The highest BCUT2D eigenvalue weighted by Crippen LogP contribution is 2.21. The third kappa shape index (κ3) is 4.29. The van der Waals surface area contributed by atoms with E-state index in [9.17, 15) is 14.7 Å². The number of hydrogen-bond donors (Lipinski definition) is 2. The molecule has 1 unspecified atom stereocenters. The van der Waals surface area contributed by atoms with Crippen LogP contribution in [-0.2, 0) is 18.3 Å². The first-order chi connectivity index (χ1) is 11.4. The summed E-state index contributed by atoms with van der Waals surface area (Å²) >= 11 is 5.85. The zero-order chi connectivity index (χ0) is 17.7. The summed E-state index contributed by atoms with van der Waals surface area (Å²) in [6.45, 7) is 0.00894. The van der Waals surface area contributed by atoms with E-state index in [1.165, 1.54) is 13.2 Å². The van der Waals surface area contributed by atoms with Crippen molar-refractivity contribution < 1.29 is 19.4 Å². The van der Waals surface area contributed by atoms with Crippen molar-refractivity contribution in [1.82, 2.24) is 9.88 Å². The molecule has 24 heavy (non-hydrogen) atoms. The van der Waals surface area contributed by atoms with Crippen LogP contribution in [0.2, 0.25) is 5.02 Å². The van der Waals surface area contributed by atoms with Gasteiger partial charge in [-0.25, -0.2) is 0 Å². The highest BCUT2D eigenvalue weighted by molar-refractivity contribution is 6.31. The topological polar surface area (TPSA) is 80.6 Å². The molecule has 0 radical (unpaired) electrons. The van der Waals surface area contributed by atoms with Crippen LogP contribution in [0.25, 0.3) is 0 Å². The number of para-hydroxylation sites is 1. The molecule has 1 atom stereocenters. The van der Waals surface area contributed by atoms with Gasteiger partial charge < -0.3 is 19.7 Å². The summed E-state index contributed by atoms with van der Waals surface area (Å²) in [5.74, 6) is -1.48. The molecule has 7 heteroatoms. The van der Waals surface area contributed by atoms with Crippen LogP contribution in [0, 0.1) is 5.92 Å². The van der Waals surface area contributed by atoms with E-state index >= 15 is 0 Å². The number of carbonyl (C=O) groups excluding carboxylic acids is 1. The van der Waals surface area contributed by atoms with Gasteiger partial charge in [0.05, 0.1) is 18.1 Å². The molecule has 0 fully saturated rings. The van der Waals surface area contributed by atoms with Crippen LogP contribution in [0.1, 0.15) is 16.1 Å². The number of aromatic nitrogens is 1. The Bertz CT molecular complexity index is 742. The number of nitrogens with zero attached hydrogens (tertiary/aromatic N) is 1. The van der Waals surface area contributed by atoms with Gasteiger partial charge in [-0.2, -0.15) is 0 Å². The second kappa shape index (κ2) is 7.88. The number of methoxy groups -OCH3 is 1. The molecule has 2 rings (SSSR count). The van der Waals surface area contributed by atoms with Gasteiger partial charge >= 0.3 is 5.97 Å². The summed E-state index contributed by atoms with van der Waals surface area (Å²) in [7, 11) is 3.24. The average molecular weight is 351 g/mol. The maximum absolute atomic E-state index is 12.2. The first-order valence-corrected chi connectivity index (χ1v) is 7.75. The highest BCUT2D eigenvalue weighted by atomic mass is 35.5. The van der Waals surface area contributed by atoms with Crippen LogP contribution in [0.3, 0.4) is 0 Å². The fourth-order valence-corrected chi connectivity index (χ4v) is 2.69. The fraction of sp³-hybridized carbons (Fsp3) is 0.294. The Morgan fingerprint density at radius 3 is 2.67 bits per heavy atom. The van der Waals surface area contributed by atoms with Crippen LogP contribution in [0.5, 0.6) is 5.75 Å². The van der Waals surface area contributed by atoms with Crippen molar-refractivity contribution in [3.05, 3.63) is 52.8 Å². The molecule has 1 aromatic heterocycles. The van der Waals surface area contributed by atoms with Crippen LogP contribution in [0.4, 0.5) is 0 Å². The number of aryl methyl sites for hydroxylation is 1. The number of carbonyl (C=O) groups is 2. The van der Waals surface area contributed by atoms with Crippen molar-refractivity contribution in [1.29, 1.82) is 0 Å². The number of rotatable bonds is 7. The molecule has 128 valence electrons. The highest BCUT2D eigenvalue weighted by Gasteiger charge is 2.21. The van der Waals surface area contributed by atoms with Crippen molar-refractivity contribution in [3.63, 3.8) is 0 Å². The molecule has 0 bridgehead atoms. The molecule has 0 saturated heterocycles. The quantitative estimate of drug-likeness (QED) is 0.803. The van der Waals surface area contributed by atoms with Gasteiger partial charge in [-0.3, -0.25) is 9.59 Å². The standard InChI is InChI=1S/C17H19ClN2O4/c1-20-10-13(18)8-14(20)16(21)19-9-12(17(22)23)7-11-5-3-4-6-15(11)24-2/h3-6,8,10,12H,7,9H2,1-2H3,(H,19,21)(H,22,23). The number of aliphatic carboxylic acids is 1. The maximum Gasteiger partial charge on any atom is 0.308 e. The van der Waals surface area contributed by atoms with Crippen molar-refractivity contribution >= 4 is 23.5 Å². The van der Waals surface area contributed by atoms with Gasteiger partial charge in [0, 0.05) is 19.8 Å². The third-order valence-electron chi connectivity index (χ3n) is 3.72. The van der Waals surface area contributed by atoms with Gasteiger partial charge in [0.2, 0.25) is 0 Å². The fourth-order valence-electron chi connectivity index (χ4n) is 2.44. The molecule has 1 aromatic carbocycles. The van der Waals surface area contributed by atoms with Gasteiger partial charge in [0.25, 0.3) is 5.91 Å². The van der Waals surface area contributed by atoms with E-state index in [1.807, 2.05) is 18.2 Å². The van der Waals surface area contributed by atoms with E-state index in [1.54, 1.807) is 23.9 Å². The second-order valence-corrected chi connectivity index (χ2v) is 5.85. The molecular formula is C17H19ClN2O4. The first-order valence-electron chi connectivity index (χ1n) is 7.37. The van der Waals surface area contributed by atoms with Gasteiger partial charge in [-0.15, -0.1) is 0 Å². The molecule has 2 N–H and O–H groups in total. The van der Waals surface area contributed by atoms with Crippen molar-refractivity contribution in [2.75, 3.05) is 13.7 Å². The number of nitrogens with one attached hydrogen (secondary N) is 1. The molecule has 0 saturated carbocycles. The van der Waals surface area contributed by atoms with Crippen molar-refractivity contribution in [2.45, 2.75) is 6.42 Å². The lowest BCUT2D eigenvalue weighted by Crippen LogP contribution is -2.34. The van der Waals surface area contributed by atoms with Crippen LogP contribution in [-0.4, -0.2) is 35.2 Å². The van der Waals surface area contributed by atoms with Gasteiger partial charge in [-0.1, -0.05) is 29.8 Å². The van der Waals surface area contributed by atoms with Crippen LogP contribution >= 0.6 is 11.6 Å². The zero-order valence-electron chi connectivity index (χ0n) is 13.5. The lowest BCUT2D eigenvalue weighted by molar-refractivity contribution is -0.141. The summed E-state index contributed by atoms with van der Waals surface area (Å²) in [6, 6.07) is 8.76. The van der Waals surface area contributed by atoms with Crippen molar-refractivity contribution in [2.24, 2.45) is 13.0 Å². The summed E-state index contributed by atoms with van der Waals surface area (Å²) in [5, 5.41) is 12.5. The predicted molar refractivity (Wildman–Crippen MR) is 90.6 cm³/mol. The average Bonchev–Trinajstić information content (AvgIpc) is 2.89. The summed E-state index contributed by atoms with van der Waals surface area (Å²) in [4.78, 5) is 23.7. The van der Waals surface area contributed by atoms with E-state index in [-0.39, 0.29) is 18.9 Å². The molecule has 0 aliphatic rings. The summed E-state index contributed by atoms with van der Waals surface area (Å²) in [6.07, 6.45) is 1.87. The third-order valence-corrected chi connectivity index (χ3v) is 3.93. The number of halogens is 1. The van der Waals surface area contributed by atoms with E-state index in [2.05, 4.69) is 5.32 Å². The number of amides is 1. The van der Waals surface area contributed by atoms with E-state index in [4.69, 9.17) is 16.3 Å².